The van der Waals surface area contributed by atoms with Crippen molar-refractivity contribution in [3.05, 3.63) is 52.3 Å². The van der Waals surface area contributed by atoms with Crippen LogP contribution < -0.4 is 5.32 Å². The standard InChI is InChI=1S/C17H20F3N3O/c1-10(13-4-6-14(7-5-13)17(18,19)20)9-21-16(24)8-15-11(2)22-23-12(15)3/h4-7,10H,8-9H2,1-3H3,(H,21,24)(H,22,23)/t10-/m0/s1. The smallest absolute Gasteiger partial charge is 0.355 e. The van der Waals surface area contributed by atoms with Gasteiger partial charge in [-0.2, -0.15) is 18.3 Å². The third kappa shape index (κ3) is 4.37. The molecule has 0 fully saturated rings. The number of benzene rings is 1. The average Bonchev–Trinajstić information content (AvgIpc) is 2.84. The van der Waals surface area contributed by atoms with E-state index < -0.39 is 11.7 Å². The highest BCUT2D eigenvalue weighted by Crippen LogP contribution is 2.30. The molecule has 4 nitrogen and oxygen atoms in total. The van der Waals surface area contributed by atoms with E-state index in [2.05, 4.69) is 15.5 Å². The number of nitrogens with one attached hydrogen (secondary N) is 2. The second kappa shape index (κ2) is 7.07. The summed E-state index contributed by atoms with van der Waals surface area (Å²) in [5.74, 6) is -0.218. The second-order valence-corrected chi connectivity index (χ2v) is 5.91. The first-order valence-corrected chi connectivity index (χ1v) is 7.62. The molecule has 0 unspecified atom stereocenters. The lowest BCUT2D eigenvalue weighted by molar-refractivity contribution is -0.137. The number of nitrogens with zero attached hydrogens (tertiary/aromatic N) is 1. The Kier molecular flexibility index (Phi) is 5.31. The number of carbonyl (C=O) groups excluding carboxylic acids is 1. The van der Waals surface area contributed by atoms with Crippen LogP contribution in [0.15, 0.2) is 24.3 Å². The summed E-state index contributed by atoms with van der Waals surface area (Å²) in [6.07, 6.45) is -4.11. The summed E-state index contributed by atoms with van der Waals surface area (Å²) in [6, 6.07) is 5.02. The summed E-state index contributed by atoms with van der Waals surface area (Å²) in [5, 5.41) is 9.69. The number of aryl methyl sites for hydroxylation is 2. The highest BCUT2D eigenvalue weighted by Gasteiger charge is 2.30. The van der Waals surface area contributed by atoms with Crippen LogP contribution in [0.25, 0.3) is 0 Å². The Balaban J connectivity index is 1.90. The highest BCUT2D eigenvalue weighted by molar-refractivity contribution is 5.79. The van der Waals surface area contributed by atoms with Gasteiger partial charge in [-0.05, 0) is 37.5 Å². The van der Waals surface area contributed by atoms with Crippen LogP contribution in [0.3, 0.4) is 0 Å². The van der Waals surface area contributed by atoms with E-state index in [1.165, 1.54) is 12.1 Å². The fourth-order valence-electron chi connectivity index (χ4n) is 2.44. The molecule has 1 aromatic carbocycles. The number of rotatable bonds is 5. The van der Waals surface area contributed by atoms with E-state index in [0.717, 1.165) is 34.6 Å². The maximum absolute atomic E-state index is 12.6. The Labute approximate surface area is 138 Å². The molecule has 0 radical (unpaired) electrons. The summed E-state index contributed by atoms with van der Waals surface area (Å²) in [6.45, 7) is 5.90. The van der Waals surface area contributed by atoms with Gasteiger partial charge in [0, 0.05) is 17.8 Å². The number of hydrogen-bond acceptors (Lipinski definition) is 2. The van der Waals surface area contributed by atoms with E-state index in [9.17, 15) is 18.0 Å². The Hall–Kier alpha value is -2.31. The van der Waals surface area contributed by atoms with Crippen LogP contribution in [0.5, 0.6) is 0 Å². The molecule has 1 amide bonds. The first kappa shape index (κ1) is 18.0. The Morgan fingerprint density at radius 1 is 1.25 bits per heavy atom. The van der Waals surface area contributed by atoms with Crippen LogP contribution >= 0.6 is 0 Å². The molecule has 2 N–H and O–H groups in total. The molecule has 0 bridgehead atoms. The Bertz CT molecular complexity index is 685. The van der Waals surface area contributed by atoms with Crippen molar-refractivity contribution in [1.29, 1.82) is 0 Å². The molecule has 2 aromatic rings. The molecule has 0 aliphatic carbocycles. The molecule has 0 aliphatic heterocycles. The van der Waals surface area contributed by atoms with Crippen LogP contribution in [0.1, 0.15) is 40.9 Å². The fourth-order valence-corrected chi connectivity index (χ4v) is 2.44. The van der Waals surface area contributed by atoms with Crippen molar-refractivity contribution >= 4 is 5.91 Å². The Morgan fingerprint density at radius 2 is 1.88 bits per heavy atom. The normalized spacial score (nSPS) is 12.9. The zero-order valence-electron chi connectivity index (χ0n) is 13.8. The van der Waals surface area contributed by atoms with Crippen LogP contribution in [0, 0.1) is 13.8 Å². The maximum atomic E-state index is 12.6. The third-order valence-corrected chi connectivity index (χ3v) is 4.03. The molecule has 2 rings (SSSR count). The molecular weight excluding hydrogens is 319 g/mol. The topological polar surface area (TPSA) is 57.8 Å². The van der Waals surface area contributed by atoms with Crippen molar-refractivity contribution in [2.24, 2.45) is 0 Å². The van der Waals surface area contributed by atoms with Gasteiger partial charge in [0.15, 0.2) is 0 Å². The number of amides is 1. The van der Waals surface area contributed by atoms with Gasteiger partial charge in [-0.15, -0.1) is 0 Å². The molecule has 1 heterocycles. The predicted molar refractivity (Wildman–Crippen MR) is 84.6 cm³/mol. The van der Waals surface area contributed by atoms with Crippen LogP contribution in [0.2, 0.25) is 0 Å². The van der Waals surface area contributed by atoms with Crippen LogP contribution in [0.4, 0.5) is 13.2 Å². The van der Waals surface area contributed by atoms with Gasteiger partial charge in [0.1, 0.15) is 0 Å². The summed E-state index contributed by atoms with van der Waals surface area (Å²) >= 11 is 0. The SMILES string of the molecule is Cc1n[nH]c(C)c1CC(=O)NC[C@H](C)c1ccc(C(F)(F)F)cc1. The van der Waals surface area contributed by atoms with Crippen molar-refractivity contribution in [2.75, 3.05) is 6.54 Å². The quantitative estimate of drug-likeness (QED) is 0.876. The van der Waals surface area contributed by atoms with Crippen molar-refractivity contribution in [3.63, 3.8) is 0 Å². The third-order valence-electron chi connectivity index (χ3n) is 4.03. The number of alkyl halides is 3. The lowest BCUT2D eigenvalue weighted by Crippen LogP contribution is -2.29. The number of hydrogen-bond donors (Lipinski definition) is 2. The number of aromatic nitrogens is 2. The van der Waals surface area contributed by atoms with Crippen LogP contribution in [-0.4, -0.2) is 22.6 Å². The van der Waals surface area contributed by atoms with Gasteiger partial charge in [0.2, 0.25) is 5.91 Å². The molecule has 7 heteroatoms. The van der Waals surface area contributed by atoms with Gasteiger partial charge in [-0.1, -0.05) is 19.1 Å². The van der Waals surface area contributed by atoms with Gasteiger partial charge >= 0.3 is 6.18 Å². The molecule has 0 aliphatic rings. The number of H-pyrrole nitrogens is 1. The fraction of sp³-hybridized carbons (Fsp3) is 0.412. The van der Waals surface area contributed by atoms with Gasteiger partial charge in [-0.3, -0.25) is 9.89 Å². The van der Waals surface area contributed by atoms with Crippen molar-refractivity contribution < 1.29 is 18.0 Å². The minimum Gasteiger partial charge on any atom is -0.355 e. The van der Waals surface area contributed by atoms with E-state index in [1.807, 2.05) is 20.8 Å². The van der Waals surface area contributed by atoms with Gasteiger partial charge < -0.3 is 5.32 Å². The van der Waals surface area contributed by atoms with Crippen molar-refractivity contribution in [1.82, 2.24) is 15.5 Å². The summed E-state index contributed by atoms with van der Waals surface area (Å²) in [7, 11) is 0. The predicted octanol–water partition coefficient (Wildman–Crippen LogP) is 3.51. The highest BCUT2D eigenvalue weighted by atomic mass is 19.4. The summed E-state index contributed by atoms with van der Waals surface area (Å²) in [5.41, 5.74) is 2.60. The van der Waals surface area contributed by atoms with Gasteiger partial charge in [-0.25, -0.2) is 0 Å². The van der Waals surface area contributed by atoms with Crippen molar-refractivity contribution in [2.45, 2.75) is 39.3 Å². The maximum Gasteiger partial charge on any atom is 0.416 e. The van der Waals surface area contributed by atoms with E-state index >= 15 is 0 Å². The number of halogens is 3. The first-order chi connectivity index (χ1) is 11.2. The molecule has 130 valence electrons. The molecule has 24 heavy (non-hydrogen) atoms. The van der Waals surface area contributed by atoms with E-state index in [-0.39, 0.29) is 18.2 Å². The monoisotopic (exact) mass is 339 g/mol. The minimum atomic E-state index is -4.34. The molecule has 0 saturated heterocycles. The lowest BCUT2D eigenvalue weighted by Gasteiger charge is -2.14. The lowest BCUT2D eigenvalue weighted by atomic mass is 9.99. The van der Waals surface area contributed by atoms with E-state index in [0.29, 0.717) is 6.54 Å². The zero-order chi connectivity index (χ0) is 17.9. The van der Waals surface area contributed by atoms with Gasteiger partial charge in [0.05, 0.1) is 17.7 Å². The van der Waals surface area contributed by atoms with E-state index in [4.69, 9.17) is 0 Å². The molecule has 1 atom stereocenters. The first-order valence-electron chi connectivity index (χ1n) is 7.62. The van der Waals surface area contributed by atoms with Crippen LogP contribution in [-0.2, 0) is 17.4 Å². The second-order valence-electron chi connectivity index (χ2n) is 5.91. The number of aromatic amines is 1. The molecule has 0 spiro atoms. The largest absolute Gasteiger partial charge is 0.416 e. The molecule has 1 aromatic heterocycles. The van der Waals surface area contributed by atoms with Crippen molar-refractivity contribution in [3.8, 4) is 0 Å². The van der Waals surface area contributed by atoms with E-state index in [1.54, 1.807) is 0 Å². The van der Waals surface area contributed by atoms with Gasteiger partial charge in [0.25, 0.3) is 0 Å². The molecular formula is C17H20F3N3O. The summed E-state index contributed by atoms with van der Waals surface area (Å²) < 4.78 is 37.7. The number of carbonyl (C=O) groups is 1. The minimum absolute atomic E-state index is 0.0808. The summed E-state index contributed by atoms with van der Waals surface area (Å²) in [4.78, 5) is 12.0. The molecule has 0 saturated carbocycles. The Morgan fingerprint density at radius 3 is 2.38 bits per heavy atom. The zero-order valence-corrected chi connectivity index (χ0v) is 13.8. The average molecular weight is 339 g/mol.